The zero-order valence-corrected chi connectivity index (χ0v) is 10.9. The average molecular weight is 266 g/mol. The maximum atomic E-state index is 11.6. The average Bonchev–Trinajstić information content (AvgIpc) is 2.67. The molecule has 1 aliphatic rings. The zero-order chi connectivity index (χ0) is 14.4. The van der Waals surface area contributed by atoms with E-state index in [1.165, 1.54) is 39.6 Å². The Morgan fingerprint density at radius 2 is 1.37 bits per heavy atom. The minimum absolute atomic E-state index is 0.0806. The lowest BCUT2D eigenvalue weighted by molar-refractivity contribution is -0.137. The van der Waals surface area contributed by atoms with Crippen molar-refractivity contribution in [3.63, 3.8) is 0 Å². The van der Waals surface area contributed by atoms with Crippen LogP contribution in [0.2, 0.25) is 0 Å². The van der Waals surface area contributed by atoms with Gasteiger partial charge in [0.05, 0.1) is 32.5 Å². The number of carbonyl (C=O) groups excluding carboxylic acids is 3. The van der Waals surface area contributed by atoms with Crippen LogP contribution in [-0.2, 0) is 28.6 Å². The topological polar surface area (TPSA) is 78.9 Å². The molecule has 102 valence electrons. The Hall–Kier alpha value is -2.37. The van der Waals surface area contributed by atoms with E-state index in [0.717, 1.165) is 0 Å². The van der Waals surface area contributed by atoms with Gasteiger partial charge >= 0.3 is 17.9 Å². The van der Waals surface area contributed by atoms with E-state index < -0.39 is 17.9 Å². The van der Waals surface area contributed by atoms with Gasteiger partial charge in [-0.2, -0.15) is 0 Å². The van der Waals surface area contributed by atoms with Crippen LogP contribution < -0.4 is 0 Å². The molecule has 0 saturated heterocycles. The molecular formula is C13H14O6. The van der Waals surface area contributed by atoms with Crippen LogP contribution in [0, 0.1) is 0 Å². The van der Waals surface area contributed by atoms with Gasteiger partial charge in [-0.1, -0.05) is 6.08 Å². The maximum Gasteiger partial charge on any atom is 0.337 e. The molecule has 6 heteroatoms. The third-order valence-corrected chi connectivity index (χ3v) is 2.47. The quantitative estimate of drug-likeness (QED) is 0.552. The molecule has 0 heterocycles. The summed E-state index contributed by atoms with van der Waals surface area (Å²) < 4.78 is 13.8. The SMILES string of the molecule is COC(=O)C1=CCC(C(=O)OC)=CC(C(=O)OC)=C1. The smallest absolute Gasteiger partial charge is 0.337 e. The van der Waals surface area contributed by atoms with Gasteiger partial charge in [-0.25, -0.2) is 14.4 Å². The largest absolute Gasteiger partial charge is 0.466 e. The first-order chi connectivity index (χ1) is 9.03. The van der Waals surface area contributed by atoms with E-state index in [-0.39, 0.29) is 23.1 Å². The molecule has 1 aliphatic carbocycles. The van der Waals surface area contributed by atoms with Gasteiger partial charge in [0, 0.05) is 5.57 Å². The summed E-state index contributed by atoms with van der Waals surface area (Å²) in [6, 6.07) is 0. The number of rotatable bonds is 3. The zero-order valence-electron chi connectivity index (χ0n) is 10.9. The monoisotopic (exact) mass is 266 g/mol. The molecule has 0 aromatic heterocycles. The maximum absolute atomic E-state index is 11.6. The molecule has 1 rings (SSSR count). The molecule has 0 aliphatic heterocycles. The first-order valence-electron chi connectivity index (χ1n) is 5.40. The van der Waals surface area contributed by atoms with E-state index in [1.54, 1.807) is 0 Å². The van der Waals surface area contributed by atoms with Crippen LogP contribution in [0.4, 0.5) is 0 Å². The van der Waals surface area contributed by atoms with Crippen molar-refractivity contribution in [2.45, 2.75) is 6.42 Å². The Labute approximate surface area is 110 Å². The molecule has 0 amide bonds. The molecule has 19 heavy (non-hydrogen) atoms. The molecule has 0 fully saturated rings. The van der Waals surface area contributed by atoms with E-state index in [4.69, 9.17) is 0 Å². The summed E-state index contributed by atoms with van der Waals surface area (Å²) in [5.74, 6) is -1.82. The van der Waals surface area contributed by atoms with Crippen LogP contribution in [0.3, 0.4) is 0 Å². The lowest BCUT2D eigenvalue weighted by atomic mass is 10.1. The highest BCUT2D eigenvalue weighted by Crippen LogP contribution is 2.19. The number of allylic oxidation sites excluding steroid dienone is 1. The third-order valence-electron chi connectivity index (χ3n) is 2.47. The molecule has 0 spiro atoms. The standard InChI is InChI=1S/C13H14O6/c1-17-11(14)8-4-5-9(12(15)18-2)7-10(6-8)13(16)19-3/h4,6-7H,5H2,1-3H3. The Balaban J connectivity index is 3.20. The second-order valence-corrected chi connectivity index (χ2v) is 3.61. The van der Waals surface area contributed by atoms with Crippen LogP contribution in [-0.4, -0.2) is 39.2 Å². The van der Waals surface area contributed by atoms with Crippen molar-refractivity contribution in [3.05, 3.63) is 34.9 Å². The highest BCUT2D eigenvalue weighted by Gasteiger charge is 2.19. The highest BCUT2D eigenvalue weighted by atomic mass is 16.5. The number of esters is 3. The van der Waals surface area contributed by atoms with Crippen molar-refractivity contribution in [3.8, 4) is 0 Å². The fourth-order valence-corrected chi connectivity index (χ4v) is 1.50. The van der Waals surface area contributed by atoms with Gasteiger partial charge < -0.3 is 14.2 Å². The number of methoxy groups -OCH3 is 3. The van der Waals surface area contributed by atoms with Crippen molar-refractivity contribution < 1.29 is 28.6 Å². The fraction of sp³-hybridized carbons (Fsp3) is 0.308. The van der Waals surface area contributed by atoms with E-state index in [2.05, 4.69) is 14.2 Å². The minimum atomic E-state index is -0.655. The van der Waals surface area contributed by atoms with Crippen molar-refractivity contribution in [2.75, 3.05) is 21.3 Å². The molecule has 0 aromatic carbocycles. The summed E-state index contributed by atoms with van der Waals surface area (Å²) in [7, 11) is 3.68. The van der Waals surface area contributed by atoms with Crippen LogP contribution >= 0.6 is 0 Å². The van der Waals surface area contributed by atoms with Gasteiger partial charge in [0.25, 0.3) is 0 Å². The summed E-state index contributed by atoms with van der Waals surface area (Å²) in [5.41, 5.74) is 0.508. The first kappa shape index (κ1) is 14.7. The second kappa shape index (κ2) is 6.53. The number of hydrogen-bond donors (Lipinski definition) is 0. The number of ether oxygens (including phenoxy) is 3. The molecule has 0 bridgehead atoms. The Bertz CT molecular complexity index is 495. The Kier molecular flexibility index (Phi) is 5.05. The molecular weight excluding hydrogens is 252 g/mol. The fourth-order valence-electron chi connectivity index (χ4n) is 1.50. The van der Waals surface area contributed by atoms with Crippen LogP contribution in [0.1, 0.15) is 6.42 Å². The summed E-state index contributed by atoms with van der Waals surface area (Å²) in [4.78, 5) is 34.6. The van der Waals surface area contributed by atoms with Crippen molar-refractivity contribution in [2.24, 2.45) is 0 Å². The van der Waals surface area contributed by atoms with E-state index in [1.807, 2.05) is 0 Å². The summed E-state index contributed by atoms with van der Waals surface area (Å²) in [5, 5.41) is 0. The van der Waals surface area contributed by atoms with Gasteiger partial charge in [0.1, 0.15) is 0 Å². The number of hydrogen-bond acceptors (Lipinski definition) is 6. The van der Waals surface area contributed by atoms with Crippen LogP contribution in [0.5, 0.6) is 0 Å². The third kappa shape index (κ3) is 3.54. The van der Waals surface area contributed by atoms with Gasteiger partial charge in [-0.05, 0) is 18.6 Å². The summed E-state index contributed by atoms with van der Waals surface area (Å²) >= 11 is 0. The van der Waals surface area contributed by atoms with Crippen LogP contribution in [0.15, 0.2) is 34.9 Å². The second-order valence-electron chi connectivity index (χ2n) is 3.61. The van der Waals surface area contributed by atoms with Crippen molar-refractivity contribution >= 4 is 17.9 Å². The Morgan fingerprint density at radius 3 is 1.89 bits per heavy atom. The molecule has 6 nitrogen and oxygen atoms in total. The highest BCUT2D eigenvalue weighted by molar-refractivity contribution is 6.01. The predicted octanol–water partition coefficient (Wildman–Crippen LogP) is 0.688. The lowest BCUT2D eigenvalue weighted by Gasteiger charge is -2.02. The molecule has 0 atom stereocenters. The number of carbonyl (C=O) groups is 3. The minimum Gasteiger partial charge on any atom is -0.466 e. The van der Waals surface area contributed by atoms with Crippen molar-refractivity contribution in [1.29, 1.82) is 0 Å². The van der Waals surface area contributed by atoms with E-state index in [9.17, 15) is 14.4 Å². The predicted molar refractivity (Wildman–Crippen MR) is 64.9 cm³/mol. The van der Waals surface area contributed by atoms with Gasteiger partial charge in [0.15, 0.2) is 0 Å². The molecule has 0 saturated carbocycles. The normalized spacial score (nSPS) is 14.4. The molecule has 0 radical (unpaired) electrons. The lowest BCUT2D eigenvalue weighted by Crippen LogP contribution is -2.08. The van der Waals surface area contributed by atoms with Crippen molar-refractivity contribution in [1.82, 2.24) is 0 Å². The summed E-state index contributed by atoms with van der Waals surface area (Å²) in [6.07, 6.45) is 4.30. The van der Waals surface area contributed by atoms with Gasteiger partial charge in [0.2, 0.25) is 0 Å². The Morgan fingerprint density at radius 1 is 0.842 bits per heavy atom. The van der Waals surface area contributed by atoms with E-state index >= 15 is 0 Å². The summed E-state index contributed by atoms with van der Waals surface area (Å²) in [6.45, 7) is 0. The van der Waals surface area contributed by atoms with Gasteiger partial charge in [-0.3, -0.25) is 0 Å². The van der Waals surface area contributed by atoms with E-state index in [0.29, 0.717) is 0 Å². The molecule has 0 unspecified atom stereocenters. The molecule has 0 N–H and O–H groups in total. The first-order valence-corrected chi connectivity index (χ1v) is 5.40. The van der Waals surface area contributed by atoms with Crippen LogP contribution in [0.25, 0.3) is 0 Å². The molecule has 0 aromatic rings. The van der Waals surface area contributed by atoms with Gasteiger partial charge in [-0.15, -0.1) is 0 Å².